The van der Waals surface area contributed by atoms with E-state index in [1.165, 1.54) is 24.5 Å². The number of nitrogens with zero attached hydrogens (tertiary/aromatic N) is 3. The Morgan fingerprint density at radius 3 is 2.48 bits per heavy atom. The molecule has 0 fully saturated rings. The fourth-order valence-electron chi connectivity index (χ4n) is 2.62. The fourth-order valence-corrected chi connectivity index (χ4v) is 3.88. The molecule has 1 atom stereocenters. The zero-order valence-electron chi connectivity index (χ0n) is 14.7. The fraction of sp³-hybridized carbons (Fsp3) is 0.167. The van der Waals surface area contributed by atoms with E-state index in [4.69, 9.17) is 0 Å². The second-order valence-electron chi connectivity index (χ2n) is 6.06. The summed E-state index contributed by atoms with van der Waals surface area (Å²) < 4.78 is 29.4. The van der Waals surface area contributed by atoms with E-state index in [1.807, 2.05) is 12.1 Å². The highest BCUT2D eigenvalue weighted by Crippen LogP contribution is 2.20. The summed E-state index contributed by atoms with van der Waals surface area (Å²) in [5.74, 6) is -1.17. The maximum absolute atomic E-state index is 12.6. The van der Waals surface area contributed by atoms with Crippen molar-refractivity contribution in [3.8, 4) is 5.69 Å². The lowest BCUT2D eigenvalue weighted by atomic mass is 10.1. The second-order valence-corrected chi connectivity index (χ2v) is 7.77. The lowest BCUT2D eigenvalue weighted by molar-refractivity contribution is 0.0696. The van der Waals surface area contributed by atoms with Gasteiger partial charge in [0.25, 0.3) is 0 Å². The summed E-state index contributed by atoms with van der Waals surface area (Å²) in [5, 5.41) is 13.2. The largest absolute Gasteiger partial charge is 0.478 e. The van der Waals surface area contributed by atoms with Gasteiger partial charge >= 0.3 is 5.97 Å². The smallest absolute Gasteiger partial charge is 0.335 e. The Morgan fingerprint density at radius 2 is 1.89 bits per heavy atom. The first-order valence-electron chi connectivity index (χ1n) is 8.09. The molecule has 0 saturated heterocycles. The number of aromatic carboxylic acids is 1. The molecule has 0 aliphatic rings. The molecule has 27 heavy (non-hydrogen) atoms. The van der Waals surface area contributed by atoms with Gasteiger partial charge in [0, 0.05) is 6.04 Å². The molecular formula is C18H18N4O4S. The molecule has 9 heteroatoms. The van der Waals surface area contributed by atoms with E-state index < -0.39 is 22.0 Å². The van der Waals surface area contributed by atoms with Crippen LogP contribution in [0.1, 0.15) is 34.5 Å². The van der Waals surface area contributed by atoms with E-state index in [0.29, 0.717) is 5.56 Å². The topological polar surface area (TPSA) is 114 Å². The minimum Gasteiger partial charge on any atom is -0.478 e. The number of rotatable bonds is 6. The normalized spacial score (nSPS) is 12.7. The highest BCUT2D eigenvalue weighted by molar-refractivity contribution is 7.89. The minimum atomic E-state index is -3.87. The predicted molar refractivity (Wildman–Crippen MR) is 98.2 cm³/mol. The first kappa shape index (κ1) is 18.7. The van der Waals surface area contributed by atoms with Gasteiger partial charge in [0.05, 0.1) is 16.1 Å². The van der Waals surface area contributed by atoms with Crippen molar-refractivity contribution in [2.45, 2.75) is 24.8 Å². The average molecular weight is 386 g/mol. The van der Waals surface area contributed by atoms with Crippen LogP contribution >= 0.6 is 0 Å². The number of aromatic nitrogens is 3. The molecular weight excluding hydrogens is 368 g/mol. The number of carboxylic acid groups (broad SMARTS) is 1. The quantitative estimate of drug-likeness (QED) is 0.672. The van der Waals surface area contributed by atoms with Gasteiger partial charge in [-0.2, -0.15) is 5.10 Å². The molecule has 0 saturated carbocycles. The molecule has 0 amide bonds. The van der Waals surface area contributed by atoms with Crippen molar-refractivity contribution in [3.63, 3.8) is 0 Å². The third kappa shape index (κ3) is 4.04. The number of sulfonamides is 1. The first-order valence-corrected chi connectivity index (χ1v) is 9.57. The number of aryl methyl sites for hydroxylation is 1. The van der Waals surface area contributed by atoms with Crippen molar-refractivity contribution in [1.82, 2.24) is 19.5 Å². The molecule has 140 valence electrons. The summed E-state index contributed by atoms with van der Waals surface area (Å²) >= 11 is 0. The molecule has 3 aromatic rings. The van der Waals surface area contributed by atoms with Crippen molar-refractivity contribution in [2.75, 3.05) is 0 Å². The third-order valence-corrected chi connectivity index (χ3v) is 5.70. The summed E-state index contributed by atoms with van der Waals surface area (Å²) in [6, 6.07) is 10.7. The van der Waals surface area contributed by atoms with Gasteiger partial charge in [-0.15, -0.1) is 0 Å². The number of carbonyl (C=O) groups is 1. The van der Waals surface area contributed by atoms with Crippen molar-refractivity contribution < 1.29 is 18.3 Å². The van der Waals surface area contributed by atoms with Gasteiger partial charge in [0.1, 0.15) is 12.7 Å². The summed E-state index contributed by atoms with van der Waals surface area (Å²) in [4.78, 5) is 15.0. The van der Waals surface area contributed by atoms with Crippen molar-refractivity contribution in [3.05, 3.63) is 71.8 Å². The summed E-state index contributed by atoms with van der Waals surface area (Å²) in [5.41, 5.74) is 2.02. The lowest BCUT2D eigenvalue weighted by Gasteiger charge is -2.16. The van der Waals surface area contributed by atoms with Crippen LogP contribution in [0.2, 0.25) is 0 Å². The van der Waals surface area contributed by atoms with E-state index >= 15 is 0 Å². The van der Waals surface area contributed by atoms with Gasteiger partial charge in [-0.1, -0.05) is 18.2 Å². The highest BCUT2D eigenvalue weighted by Gasteiger charge is 2.20. The minimum absolute atomic E-state index is 0.0392. The van der Waals surface area contributed by atoms with Gasteiger partial charge in [0.2, 0.25) is 10.0 Å². The van der Waals surface area contributed by atoms with Gasteiger partial charge < -0.3 is 5.11 Å². The zero-order chi connectivity index (χ0) is 19.6. The molecule has 1 heterocycles. The van der Waals surface area contributed by atoms with E-state index in [0.717, 1.165) is 11.3 Å². The van der Waals surface area contributed by atoms with Crippen LogP contribution in [0, 0.1) is 6.92 Å². The van der Waals surface area contributed by atoms with Crippen molar-refractivity contribution in [2.24, 2.45) is 0 Å². The molecule has 8 nitrogen and oxygen atoms in total. The third-order valence-electron chi connectivity index (χ3n) is 4.16. The number of hydrogen-bond acceptors (Lipinski definition) is 5. The first-order chi connectivity index (χ1) is 12.8. The molecule has 2 aromatic carbocycles. The Bertz CT molecular complexity index is 1060. The molecule has 0 aliphatic heterocycles. The molecule has 2 N–H and O–H groups in total. The molecule has 0 radical (unpaired) electrons. The number of hydrogen-bond donors (Lipinski definition) is 2. The van der Waals surface area contributed by atoms with Gasteiger partial charge in [-0.05, 0) is 49.2 Å². The summed E-state index contributed by atoms with van der Waals surface area (Å²) in [6.07, 6.45) is 3.00. The van der Waals surface area contributed by atoms with Gasteiger partial charge in [0.15, 0.2) is 0 Å². The molecule has 3 rings (SSSR count). The standard InChI is InChI=1S/C18H18N4O4S/c1-12-3-8-16(9-17(12)18(23)24)27(25,26)21-13(2)14-4-6-15(7-5-14)22-11-19-10-20-22/h3-11,13,21H,1-2H3,(H,23,24)/t13-/m0/s1. The highest BCUT2D eigenvalue weighted by atomic mass is 32.2. The van der Waals surface area contributed by atoms with Crippen molar-refractivity contribution >= 4 is 16.0 Å². The van der Waals surface area contributed by atoms with Crippen LogP contribution in [-0.2, 0) is 10.0 Å². The lowest BCUT2D eigenvalue weighted by Crippen LogP contribution is -2.27. The molecule has 1 aromatic heterocycles. The number of nitrogens with one attached hydrogen (secondary N) is 1. The van der Waals surface area contributed by atoms with Gasteiger partial charge in [-0.25, -0.2) is 27.6 Å². The van der Waals surface area contributed by atoms with E-state index in [-0.39, 0.29) is 10.5 Å². The maximum Gasteiger partial charge on any atom is 0.335 e. The Morgan fingerprint density at radius 1 is 1.19 bits per heavy atom. The Labute approximate surface area is 156 Å². The number of carboxylic acids is 1. The summed E-state index contributed by atoms with van der Waals surface area (Å²) in [6.45, 7) is 3.33. The van der Waals surface area contributed by atoms with Crippen LogP contribution in [0.15, 0.2) is 60.0 Å². The molecule has 0 bridgehead atoms. The Balaban J connectivity index is 1.81. The van der Waals surface area contributed by atoms with Crippen LogP contribution in [0.3, 0.4) is 0 Å². The molecule has 0 aliphatic carbocycles. The van der Waals surface area contributed by atoms with Crippen LogP contribution in [0.25, 0.3) is 5.69 Å². The maximum atomic E-state index is 12.6. The van der Waals surface area contributed by atoms with E-state index in [9.17, 15) is 18.3 Å². The second kappa shape index (κ2) is 7.29. The van der Waals surface area contributed by atoms with Crippen LogP contribution in [-0.4, -0.2) is 34.3 Å². The average Bonchev–Trinajstić information content (AvgIpc) is 3.16. The zero-order valence-corrected chi connectivity index (χ0v) is 15.5. The van der Waals surface area contributed by atoms with Gasteiger partial charge in [-0.3, -0.25) is 0 Å². The number of benzene rings is 2. The monoisotopic (exact) mass is 386 g/mol. The predicted octanol–water partition coefficient (Wildman–Crippen LogP) is 2.31. The van der Waals surface area contributed by atoms with Crippen molar-refractivity contribution in [1.29, 1.82) is 0 Å². The SMILES string of the molecule is Cc1ccc(S(=O)(=O)N[C@@H](C)c2ccc(-n3cncn3)cc2)cc1C(=O)O. The van der Waals surface area contributed by atoms with E-state index in [1.54, 1.807) is 37.0 Å². The van der Waals surface area contributed by atoms with Crippen LogP contribution in [0.5, 0.6) is 0 Å². The summed E-state index contributed by atoms with van der Waals surface area (Å²) in [7, 11) is -3.87. The molecule has 0 spiro atoms. The van der Waals surface area contributed by atoms with E-state index in [2.05, 4.69) is 14.8 Å². The Hall–Kier alpha value is -3.04. The van der Waals surface area contributed by atoms with Crippen LogP contribution in [0.4, 0.5) is 0 Å². The molecule has 0 unspecified atom stereocenters. The van der Waals surface area contributed by atoms with Crippen LogP contribution < -0.4 is 4.72 Å². The Kier molecular flexibility index (Phi) is 5.06.